The van der Waals surface area contributed by atoms with Crippen LogP contribution < -0.4 is 5.32 Å². The second-order valence-electron chi connectivity index (χ2n) is 6.03. The Labute approximate surface area is 149 Å². The van der Waals surface area contributed by atoms with Crippen molar-refractivity contribution in [1.29, 1.82) is 0 Å². The molecule has 0 saturated heterocycles. The van der Waals surface area contributed by atoms with Gasteiger partial charge in [-0.15, -0.1) is 10.2 Å². The molecule has 0 saturated carbocycles. The highest BCUT2D eigenvalue weighted by molar-refractivity contribution is 5.86. The topological polar surface area (TPSA) is 110 Å². The smallest absolute Gasteiger partial charge is 0.204 e. The lowest BCUT2D eigenvalue weighted by Crippen LogP contribution is -2.06. The predicted molar refractivity (Wildman–Crippen MR) is 97.2 cm³/mol. The van der Waals surface area contributed by atoms with Crippen LogP contribution in [0.15, 0.2) is 30.5 Å². The molecular formula is C17H19N9. The number of nitrogens with one attached hydrogen (secondary N) is 2. The zero-order chi connectivity index (χ0) is 17.9. The number of benzene rings is 1. The van der Waals surface area contributed by atoms with Crippen molar-refractivity contribution in [2.45, 2.75) is 26.3 Å². The van der Waals surface area contributed by atoms with Crippen LogP contribution in [0.25, 0.3) is 22.4 Å². The number of rotatable bonds is 6. The van der Waals surface area contributed by atoms with Gasteiger partial charge >= 0.3 is 0 Å². The van der Waals surface area contributed by atoms with Crippen molar-refractivity contribution in [2.24, 2.45) is 7.05 Å². The summed E-state index contributed by atoms with van der Waals surface area (Å²) in [5.74, 6) is 2.21. The van der Waals surface area contributed by atoms with Gasteiger partial charge in [-0.2, -0.15) is 10.3 Å². The van der Waals surface area contributed by atoms with E-state index in [1.54, 1.807) is 10.9 Å². The summed E-state index contributed by atoms with van der Waals surface area (Å²) in [6.07, 6.45) is 3.63. The molecule has 132 valence electrons. The fraction of sp³-hybridized carbons (Fsp3) is 0.294. The van der Waals surface area contributed by atoms with Gasteiger partial charge in [0.05, 0.1) is 11.6 Å². The molecule has 0 bridgehead atoms. The zero-order valence-electron chi connectivity index (χ0n) is 14.6. The summed E-state index contributed by atoms with van der Waals surface area (Å²) >= 11 is 0. The number of H-pyrrole nitrogens is 1. The van der Waals surface area contributed by atoms with Crippen LogP contribution in [0.4, 0.5) is 5.82 Å². The monoisotopic (exact) mass is 349 g/mol. The van der Waals surface area contributed by atoms with E-state index in [4.69, 9.17) is 0 Å². The number of nitrogens with zero attached hydrogens (tertiary/aromatic N) is 7. The number of tetrazole rings is 1. The molecule has 0 fully saturated rings. The Morgan fingerprint density at radius 1 is 1.23 bits per heavy atom. The number of anilines is 1. The Kier molecular flexibility index (Phi) is 4.26. The summed E-state index contributed by atoms with van der Waals surface area (Å²) in [6, 6.07) is 8.01. The van der Waals surface area contributed by atoms with E-state index in [9.17, 15) is 0 Å². The number of aromatic amines is 1. The highest BCUT2D eigenvalue weighted by Gasteiger charge is 2.11. The molecule has 9 nitrogen and oxygen atoms in total. The molecule has 2 N–H and O–H groups in total. The highest BCUT2D eigenvalue weighted by Crippen LogP contribution is 2.21. The first kappa shape index (κ1) is 16.1. The van der Waals surface area contributed by atoms with Gasteiger partial charge in [0, 0.05) is 25.6 Å². The van der Waals surface area contributed by atoms with E-state index < -0.39 is 0 Å². The third-order valence-electron chi connectivity index (χ3n) is 4.10. The van der Waals surface area contributed by atoms with E-state index in [0.717, 1.165) is 46.6 Å². The van der Waals surface area contributed by atoms with Crippen LogP contribution in [-0.4, -0.2) is 40.4 Å². The van der Waals surface area contributed by atoms with Crippen molar-refractivity contribution in [3.63, 3.8) is 0 Å². The van der Waals surface area contributed by atoms with Crippen molar-refractivity contribution in [3.8, 4) is 11.4 Å². The molecule has 0 atom stereocenters. The molecule has 3 heterocycles. The average molecular weight is 349 g/mol. The predicted octanol–water partition coefficient (Wildman–Crippen LogP) is 2.11. The van der Waals surface area contributed by atoms with Crippen LogP contribution in [0, 0.1) is 0 Å². The van der Waals surface area contributed by atoms with Gasteiger partial charge in [-0.1, -0.05) is 25.1 Å². The fourth-order valence-electron chi connectivity index (χ4n) is 2.83. The zero-order valence-corrected chi connectivity index (χ0v) is 14.6. The molecule has 0 aliphatic heterocycles. The molecule has 4 rings (SSSR count). The summed E-state index contributed by atoms with van der Waals surface area (Å²) < 4.78 is 1.78. The summed E-state index contributed by atoms with van der Waals surface area (Å²) in [4.78, 5) is 9.29. The van der Waals surface area contributed by atoms with Crippen LogP contribution in [0.2, 0.25) is 0 Å². The van der Waals surface area contributed by atoms with E-state index in [-0.39, 0.29) is 0 Å². The minimum Gasteiger partial charge on any atom is -0.365 e. The molecule has 9 heteroatoms. The number of hydrogen-bond acceptors (Lipinski definition) is 7. The van der Waals surface area contributed by atoms with Crippen molar-refractivity contribution in [3.05, 3.63) is 41.9 Å². The van der Waals surface area contributed by atoms with Gasteiger partial charge in [0.2, 0.25) is 5.82 Å². The fourth-order valence-corrected chi connectivity index (χ4v) is 2.83. The van der Waals surface area contributed by atoms with Crippen molar-refractivity contribution < 1.29 is 0 Å². The van der Waals surface area contributed by atoms with Crippen LogP contribution >= 0.6 is 0 Å². The Morgan fingerprint density at radius 3 is 2.96 bits per heavy atom. The summed E-state index contributed by atoms with van der Waals surface area (Å²) in [5, 5.41) is 22.8. The minimum absolute atomic E-state index is 0.578. The van der Waals surface area contributed by atoms with Crippen LogP contribution in [0.5, 0.6) is 0 Å². The molecule has 3 aromatic heterocycles. The molecule has 4 aromatic rings. The van der Waals surface area contributed by atoms with Crippen LogP contribution in [-0.2, 0) is 20.0 Å². The lowest BCUT2D eigenvalue weighted by Gasteiger charge is -2.09. The van der Waals surface area contributed by atoms with Gasteiger partial charge in [0.25, 0.3) is 0 Å². The summed E-state index contributed by atoms with van der Waals surface area (Å²) in [6.45, 7) is 2.74. The highest BCUT2D eigenvalue weighted by atomic mass is 15.5. The molecule has 0 unspecified atom stereocenters. The first-order valence-corrected chi connectivity index (χ1v) is 8.50. The van der Waals surface area contributed by atoms with E-state index in [0.29, 0.717) is 12.4 Å². The molecule has 0 aliphatic rings. The van der Waals surface area contributed by atoms with E-state index in [1.165, 1.54) is 0 Å². The SMILES string of the molecule is CCCc1nc(NCc2cccc(-c3nn[nH]n3)c2)c2cnn(C)c2n1. The lowest BCUT2D eigenvalue weighted by molar-refractivity contribution is 0.772. The maximum absolute atomic E-state index is 4.68. The molecule has 1 aromatic carbocycles. The third kappa shape index (κ3) is 3.10. The van der Waals surface area contributed by atoms with Gasteiger partial charge in [-0.05, 0) is 23.3 Å². The van der Waals surface area contributed by atoms with Crippen molar-refractivity contribution >= 4 is 16.9 Å². The number of hydrogen-bond donors (Lipinski definition) is 2. The number of aryl methyl sites for hydroxylation is 2. The molecule has 26 heavy (non-hydrogen) atoms. The quantitative estimate of drug-likeness (QED) is 0.548. The van der Waals surface area contributed by atoms with Gasteiger partial charge in [-0.3, -0.25) is 4.68 Å². The molecule has 0 amide bonds. The van der Waals surface area contributed by atoms with Gasteiger partial charge in [0.1, 0.15) is 11.6 Å². The van der Waals surface area contributed by atoms with E-state index >= 15 is 0 Å². The van der Waals surface area contributed by atoms with E-state index in [2.05, 4.69) is 47.9 Å². The van der Waals surface area contributed by atoms with Crippen LogP contribution in [0.3, 0.4) is 0 Å². The average Bonchev–Trinajstić information content (AvgIpc) is 3.31. The first-order valence-electron chi connectivity index (χ1n) is 8.50. The summed E-state index contributed by atoms with van der Waals surface area (Å²) in [5.41, 5.74) is 2.85. The largest absolute Gasteiger partial charge is 0.365 e. The Hall–Kier alpha value is -3.36. The Balaban J connectivity index is 1.61. The number of aromatic nitrogens is 8. The molecule has 0 radical (unpaired) electrons. The van der Waals surface area contributed by atoms with Gasteiger partial charge in [0.15, 0.2) is 5.65 Å². The number of fused-ring (bicyclic) bond motifs is 1. The second-order valence-corrected chi connectivity index (χ2v) is 6.03. The normalized spacial score (nSPS) is 11.2. The van der Waals surface area contributed by atoms with Crippen molar-refractivity contribution in [2.75, 3.05) is 5.32 Å². The van der Waals surface area contributed by atoms with E-state index in [1.807, 2.05) is 31.3 Å². The maximum atomic E-state index is 4.68. The second kappa shape index (κ2) is 6.87. The third-order valence-corrected chi connectivity index (χ3v) is 4.10. The maximum Gasteiger partial charge on any atom is 0.204 e. The van der Waals surface area contributed by atoms with Gasteiger partial charge in [-0.25, -0.2) is 9.97 Å². The Bertz CT molecular complexity index is 1020. The minimum atomic E-state index is 0.578. The molecule has 0 aliphatic carbocycles. The standard InChI is InChI=1S/C17H19N9/c1-3-5-14-20-16(13-10-19-26(2)17(13)21-14)18-9-11-6-4-7-12(8-11)15-22-24-25-23-15/h4,6-8,10H,3,5,9H2,1-2H3,(H,18,20,21)(H,22,23,24,25). The lowest BCUT2D eigenvalue weighted by atomic mass is 10.1. The van der Waals surface area contributed by atoms with Crippen molar-refractivity contribution in [1.82, 2.24) is 40.4 Å². The molecular weight excluding hydrogens is 330 g/mol. The first-order chi connectivity index (χ1) is 12.7. The summed E-state index contributed by atoms with van der Waals surface area (Å²) in [7, 11) is 1.89. The van der Waals surface area contributed by atoms with Gasteiger partial charge < -0.3 is 5.32 Å². The van der Waals surface area contributed by atoms with Crippen LogP contribution in [0.1, 0.15) is 24.7 Å². The molecule has 0 spiro atoms. The Morgan fingerprint density at radius 2 is 2.15 bits per heavy atom.